The summed E-state index contributed by atoms with van der Waals surface area (Å²) in [7, 11) is 0. The molecule has 1 amide bonds. The van der Waals surface area contributed by atoms with Gasteiger partial charge in [0.05, 0.1) is 4.92 Å². The van der Waals surface area contributed by atoms with Crippen molar-refractivity contribution in [1.29, 1.82) is 0 Å². The van der Waals surface area contributed by atoms with Gasteiger partial charge in [0.2, 0.25) is 0 Å². The Morgan fingerprint density at radius 3 is 2.65 bits per heavy atom. The second-order valence-electron chi connectivity index (χ2n) is 4.74. The number of non-ortho nitro benzene ring substituents is 1. The van der Waals surface area contributed by atoms with Gasteiger partial charge >= 0.3 is 0 Å². The van der Waals surface area contributed by atoms with Crippen LogP contribution < -0.4 is 10.1 Å². The number of benzene rings is 2. The quantitative estimate of drug-likeness (QED) is 0.570. The third-order valence-corrected chi connectivity index (χ3v) is 4.11. The average Bonchev–Trinajstić information content (AvgIpc) is 2.97. The van der Waals surface area contributed by atoms with Gasteiger partial charge in [-0.2, -0.15) is 0 Å². The van der Waals surface area contributed by atoms with Crippen molar-refractivity contribution in [2.24, 2.45) is 0 Å². The van der Waals surface area contributed by atoms with Crippen molar-refractivity contribution in [2.75, 3.05) is 11.9 Å². The molecule has 0 aliphatic heterocycles. The Bertz CT molecular complexity index is 858. The summed E-state index contributed by atoms with van der Waals surface area (Å²) in [6, 6.07) is 13.4. The van der Waals surface area contributed by atoms with Crippen LogP contribution in [0.3, 0.4) is 0 Å². The minimum atomic E-state index is -0.490. The maximum atomic E-state index is 11.9. The maximum absolute atomic E-state index is 11.9. The molecule has 0 fully saturated rings. The SMILES string of the molecule is O=C(COc1csc2ccccc12)Nc1ccc([N+](=O)[O-])cc1. The predicted octanol–water partition coefficient (Wildman–Crippen LogP) is 3.83. The summed E-state index contributed by atoms with van der Waals surface area (Å²) in [5.41, 5.74) is 0.461. The fraction of sp³-hybridized carbons (Fsp3) is 0.0625. The van der Waals surface area contributed by atoms with Gasteiger partial charge in [-0.05, 0) is 24.3 Å². The molecule has 0 unspecified atom stereocenters. The van der Waals surface area contributed by atoms with Gasteiger partial charge in [0.25, 0.3) is 11.6 Å². The van der Waals surface area contributed by atoms with E-state index in [9.17, 15) is 14.9 Å². The van der Waals surface area contributed by atoms with E-state index in [0.717, 1.165) is 10.1 Å². The Labute approximate surface area is 135 Å². The van der Waals surface area contributed by atoms with Crippen LogP contribution in [-0.2, 0) is 4.79 Å². The van der Waals surface area contributed by atoms with Crippen molar-refractivity contribution in [1.82, 2.24) is 0 Å². The highest BCUT2D eigenvalue weighted by Crippen LogP contribution is 2.31. The van der Waals surface area contributed by atoms with Gasteiger partial charge in [0, 0.05) is 33.3 Å². The van der Waals surface area contributed by atoms with Gasteiger partial charge in [0.1, 0.15) is 5.75 Å². The molecule has 116 valence electrons. The number of nitro groups is 1. The van der Waals surface area contributed by atoms with Gasteiger partial charge in [-0.25, -0.2) is 0 Å². The summed E-state index contributed by atoms with van der Waals surface area (Å²) in [4.78, 5) is 22.0. The van der Waals surface area contributed by atoms with Crippen molar-refractivity contribution >= 4 is 38.7 Å². The van der Waals surface area contributed by atoms with Crippen LogP contribution in [0.1, 0.15) is 0 Å². The summed E-state index contributed by atoms with van der Waals surface area (Å²) in [6.45, 7) is -0.127. The van der Waals surface area contributed by atoms with Crippen LogP contribution in [0.5, 0.6) is 5.75 Å². The first-order valence-corrected chi connectivity index (χ1v) is 7.65. The molecule has 1 aromatic heterocycles. The number of nitrogens with one attached hydrogen (secondary N) is 1. The molecule has 0 atom stereocenters. The fourth-order valence-corrected chi connectivity index (χ4v) is 2.95. The van der Waals surface area contributed by atoms with E-state index in [-0.39, 0.29) is 18.2 Å². The number of hydrogen-bond donors (Lipinski definition) is 1. The second kappa shape index (κ2) is 6.45. The lowest BCUT2D eigenvalue weighted by Crippen LogP contribution is -2.20. The lowest BCUT2D eigenvalue weighted by molar-refractivity contribution is -0.384. The smallest absolute Gasteiger partial charge is 0.269 e. The number of carbonyl (C=O) groups excluding carboxylic acids is 1. The first kappa shape index (κ1) is 15.0. The first-order valence-electron chi connectivity index (χ1n) is 6.77. The summed E-state index contributed by atoms with van der Waals surface area (Å²) in [5.74, 6) is 0.346. The highest BCUT2D eigenvalue weighted by atomic mass is 32.1. The standard InChI is InChI=1S/C16H12N2O4S/c19-16(17-11-5-7-12(8-6-11)18(20)21)9-22-14-10-23-15-4-2-1-3-13(14)15/h1-8,10H,9H2,(H,17,19). The molecule has 0 spiro atoms. The highest BCUT2D eigenvalue weighted by molar-refractivity contribution is 7.17. The van der Waals surface area contributed by atoms with E-state index >= 15 is 0 Å². The number of fused-ring (bicyclic) bond motifs is 1. The van der Waals surface area contributed by atoms with Crippen molar-refractivity contribution in [3.05, 3.63) is 64.0 Å². The molecule has 23 heavy (non-hydrogen) atoms. The monoisotopic (exact) mass is 328 g/mol. The topological polar surface area (TPSA) is 81.5 Å². The molecule has 0 aliphatic rings. The molecule has 0 radical (unpaired) electrons. The number of anilines is 1. The van der Waals surface area contributed by atoms with Crippen LogP contribution in [0.25, 0.3) is 10.1 Å². The second-order valence-corrected chi connectivity index (χ2v) is 5.65. The van der Waals surface area contributed by atoms with Gasteiger partial charge in [0.15, 0.2) is 6.61 Å². The Balaban J connectivity index is 1.60. The molecule has 3 rings (SSSR count). The fourth-order valence-electron chi connectivity index (χ4n) is 2.07. The van der Waals surface area contributed by atoms with Crippen LogP contribution in [0.2, 0.25) is 0 Å². The molecule has 0 bridgehead atoms. The van der Waals surface area contributed by atoms with Gasteiger partial charge in [-0.1, -0.05) is 12.1 Å². The molecule has 3 aromatic rings. The summed E-state index contributed by atoms with van der Waals surface area (Å²) < 4.78 is 6.64. The summed E-state index contributed by atoms with van der Waals surface area (Å²) in [5, 5.41) is 16.0. The molecule has 1 heterocycles. The van der Waals surface area contributed by atoms with Crippen molar-refractivity contribution in [2.45, 2.75) is 0 Å². The summed E-state index contributed by atoms with van der Waals surface area (Å²) in [6.07, 6.45) is 0. The molecule has 0 saturated carbocycles. The Hall–Kier alpha value is -2.93. The third-order valence-electron chi connectivity index (χ3n) is 3.17. The van der Waals surface area contributed by atoms with Crippen LogP contribution in [0.15, 0.2) is 53.9 Å². The number of nitro benzene ring substituents is 1. The van der Waals surface area contributed by atoms with Crippen molar-refractivity contribution in [3.63, 3.8) is 0 Å². The number of nitrogens with zero attached hydrogens (tertiary/aromatic N) is 1. The zero-order valence-corrected chi connectivity index (χ0v) is 12.7. The minimum absolute atomic E-state index is 0.0241. The van der Waals surface area contributed by atoms with Gasteiger partial charge < -0.3 is 10.1 Å². The Kier molecular flexibility index (Phi) is 4.20. The molecule has 6 nitrogen and oxygen atoms in total. The maximum Gasteiger partial charge on any atom is 0.269 e. The van der Waals surface area contributed by atoms with E-state index in [1.807, 2.05) is 29.6 Å². The Morgan fingerprint density at radius 1 is 1.17 bits per heavy atom. The van der Waals surface area contributed by atoms with E-state index in [1.54, 1.807) is 11.3 Å². The first-order chi connectivity index (χ1) is 11.1. The van der Waals surface area contributed by atoms with Gasteiger partial charge in [-0.15, -0.1) is 11.3 Å². The van der Waals surface area contributed by atoms with E-state index in [0.29, 0.717) is 11.4 Å². The Morgan fingerprint density at radius 2 is 1.91 bits per heavy atom. The molecule has 0 saturated heterocycles. The van der Waals surface area contributed by atoms with Crippen molar-refractivity contribution in [3.8, 4) is 5.75 Å². The van der Waals surface area contributed by atoms with Crippen molar-refractivity contribution < 1.29 is 14.5 Å². The lowest BCUT2D eigenvalue weighted by Gasteiger charge is -2.06. The lowest BCUT2D eigenvalue weighted by atomic mass is 10.2. The summed E-state index contributed by atoms with van der Waals surface area (Å²) >= 11 is 1.55. The van der Waals surface area contributed by atoms with Crippen LogP contribution in [0.4, 0.5) is 11.4 Å². The number of ether oxygens (including phenoxy) is 1. The molecule has 2 aromatic carbocycles. The zero-order valence-electron chi connectivity index (χ0n) is 11.9. The predicted molar refractivity (Wildman–Crippen MR) is 89.0 cm³/mol. The third kappa shape index (κ3) is 3.46. The molecular formula is C16H12N2O4S. The zero-order chi connectivity index (χ0) is 16.2. The van der Waals surface area contributed by atoms with E-state index in [1.165, 1.54) is 24.3 Å². The van der Waals surface area contributed by atoms with Crippen LogP contribution in [0, 0.1) is 10.1 Å². The molecular weight excluding hydrogens is 316 g/mol. The van der Waals surface area contributed by atoms with E-state index in [2.05, 4.69) is 5.32 Å². The average molecular weight is 328 g/mol. The van der Waals surface area contributed by atoms with E-state index in [4.69, 9.17) is 4.74 Å². The minimum Gasteiger partial charge on any atom is -0.482 e. The molecule has 7 heteroatoms. The van der Waals surface area contributed by atoms with Gasteiger partial charge in [-0.3, -0.25) is 14.9 Å². The molecule has 1 N–H and O–H groups in total. The number of thiophene rings is 1. The number of hydrogen-bond acceptors (Lipinski definition) is 5. The highest BCUT2D eigenvalue weighted by Gasteiger charge is 2.09. The van der Waals surface area contributed by atoms with E-state index < -0.39 is 4.92 Å². The normalized spacial score (nSPS) is 10.4. The number of amides is 1. The van der Waals surface area contributed by atoms with Crippen LogP contribution in [-0.4, -0.2) is 17.4 Å². The molecule has 0 aliphatic carbocycles. The number of carbonyl (C=O) groups is 1. The number of rotatable bonds is 5. The largest absolute Gasteiger partial charge is 0.482 e. The van der Waals surface area contributed by atoms with Crippen LogP contribution >= 0.6 is 11.3 Å².